The Labute approximate surface area is 167 Å². The minimum absolute atomic E-state index is 0.0722. The summed E-state index contributed by atoms with van der Waals surface area (Å²) >= 11 is 6.26. The van der Waals surface area contributed by atoms with Crippen molar-refractivity contribution in [2.24, 2.45) is 0 Å². The summed E-state index contributed by atoms with van der Waals surface area (Å²) in [5, 5.41) is 3.21. The first-order chi connectivity index (χ1) is 13.5. The van der Waals surface area contributed by atoms with Crippen LogP contribution in [0.15, 0.2) is 30.5 Å². The van der Waals surface area contributed by atoms with E-state index in [9.17, 15) is 14.0 Å². The molecule has 2 aromatic rings. The maximum Gasteiger partial charge on any atom is 0.337 e. The van der Waals surface area contributed by atoms with Crippen LogP contribution in [-0.4, -0.2) is 42.0 Å². The quantitative estimate of drug-likeness (QED) is 0.764. The Kier molecular flexibility index (Phi) is 6.46. The number of likely N-dealkylation sites (tertiary alicyclic amines) is 1. The zero-order chi connectivity index (χ0) is 20.1. The molecule has 8 heteroatoms. The van der Waals surface area contributed by atoms with Crippen LogP contribution >= 0.6 is 11.6 Å². The van der Waals surface area contributed by atoms with E-state index in [1.54, 1.807) is 11.0 Å². The highest BCUT2D eigenvalue weighted by molar-refractivity contribution is 6.33. The number of carbonyl (C=O) groups excluding carboxylic acids is 2. The van der Waals surface area contributed by atoms with Gasteiger partial charge in [0.15, 0.2) is 0 Å². The van der Waals surface area contributed by atoms with Gasteiger partial charge in [-0.25, -0.2) is 14.2 Å². The lowest BCUT2D eigenvalue weighted by atomic mass is 10.1. The first kappa shape index (κ1) is 20.1. The molecule has 1 aromatic carbocycles. The van der Waals surface area contributed by atoms with E-state index in [2.05, 4.69) is 15.0 Å². The van der Waals surface area contributed by atoms with Crippen LogP contribution in [0.3, 0.4) is 0 Å². The molecule has 6 nitrogen and oxygen atoms in total. The van der Waals surface area contributed by atoms with Crippen molar-refractivity contribution >= 4 is 29.3 Å². The molecule has 0 unspecified atom stereocenters. The monoisotopic (exact) mass is 405 g/mol. The van der Waals surface area contributed by atoms with E-state index < -0.39 is 11.8 Å². The third-order valence-electron chi connectivity index (χ3n) is 4.64. The molecule has 2 heterocycles. The van der Waals surface area contributed by atoms with Crippen molar-refractivity contribution in [1.29, 1.82) is 0 Å². The molecule has 1 aliphatic rings. The molecule has 0 aliphatic carbocycles. The predicted molar refractivity (Wildman–Crippen MR) is 104 cm³/mol. The van der Waals surface area contributed by atoms with Crippen molar-refractivity contribution in [3.8, 4) is 0 Å². The van der Waals surface area contributed by atoms with E-state index in [0.717, 1.165) is 32.4 Å². The molecular formula is C20H21ClFN3O3. The molecule has 1 fully saturated rings. The van der Waals surface area contributed by atoms with Crippen molar-refractivity contribution in [3.05, 3.63) is 58.0 Å². The van der Waals surface area contributed by atoms with Crippen LogP contribution in [0.2, 0.25) is 5.02 Å². The van der Waals surface area contributed by atoms with E-state index in [1.807, 2.05) is 0 Å². The van der Waals surface area contributed by atoms with E-state index in [-0.39, 0.29) is 28.6 Å². The Hall–Kier alpha value is -2.67. The van der Waals surface area contributed by atoms with Gasteiger partial charge in [-0.1, -0.05) is 11.6 Å². The number of aromatic nitrogens is 1. The van der Waals surface area contributed by atoms with Gasteiger partial charge in [0.1, 0.15) is 11.6 Å². The summed E-state index contributed by atoms with van der Waals surface area (Å²) in [5.74, 6) is -0.761. The van der Waals surface area contributed by atoms with Crippen LogP contribution in [0.4, 0.5) is 10.2 Å². The maximum absolute atomic E-state index is 14.0. The SMILES string of the molecule is COC(=O)c1ccc(F)c(CNc2ncc(C(=O)N3CCCCC3)cc2Cl)c1. The first-order valence-corrected chi connectivity index (χ1v) is 9.43. The second-order valence-corrected chi connectivity index (χ2v) is 6.97. The number of piperidine rings is 1. The van der Waals surface area contributed by atoms with Crippen molar-refractivity contribution in [3.63, 3.8) is 0 Å². The third-order valence-corrected chi connectivity index (χ3v) is 4.93. The summed E-state index contributed by atoms with van der Waals surface area (Å²) in [5.41, 5.74) is 0.952. The fourth-order valence-electron chi connectivity index (χ4n) is 3.10. The van der Waals surface area contributed by atoms with Gasteiger partial charge in [-0.15, -0.1) is 0 Å². The molecule has 1 saturated heterocycles. The van der Waals surface area contributed by atoms with E-state index in [1.165, 1.54) is 31.5 Å². The number of hydrogen-bond donors (Lipinski definition) is 1. The Morgan fingerprint density at radius 3 is 2.64 bits per heavy atom. The highest BCUT2D eigenvalue weighted by Crippen LogP contribution is 2.23. The molecule has 1 N–H and O–H groups in total. The number of ether oxygens (including phenoxy) is 1. The molecule has 3 rings (SSSR count). The fraction of sp³-hybridized carbons (Fsp3) is 0.350. The smallest absolute Gasteiger partial charge is 0.337 e. The average molecular weight is 406 g/mol. The van der Waals surface area contributed by atoms with Gasteiger partial charge in [0, 0.05) is 31.4 Å². The summed E-state index contributed by atoms with van der Waals surface area (Å²) < 4.78 is 18.7. The predicted octanol–water partition coefficient (Wildman–Crippen LogP) is 3.90. The van der Waals surface area contributed by atoms with E-state index in [0.29, 0.717) is 11.4 Å². The minimum atomic E-state index is -0.544. The number of hydrogen-bond acceptors (Lipinski definition) is 5. The lowest BCUT2D eigenvalue weighted by Gasteiger charge is -2.26. The van der Waals surface area contributed by atoms with Crippen LogP contribution < -0.4 is 5.32 Å². The molecule has 0 spiro atoms. The Balaban J connectivity index is 1.70. The standard InChI is InChI=1S/C20H21ClFN3O3/c1-28-20(27)13-5-6-17(22)14(9-13)11-23-18-16(21)10-15(12-24-18)19(26)25-7-3-2-4-8-25/h5-6,9-10,12H,2-4,7-8,11H2,1H3,(H,23,24). The Bertz CT molecular complexity index is 885. The number of rotatable bonds is 5. The number of nitrogens with zero attached hydrogens (tertiary/aromatic N) is 2. The van der Waals surface area contributed by atoms with Crippen molar-refractivity contribution < 1.29 is 18.7 Å². The van der Waals surface area contributed by atoms with E-state index in [4.69, 9.17) is 11.6 Å². The fourth-order valence-corrected chi connectivity index (χ4v) is 3.33. The van der Waals surface area contributed by atoms with Gasteiger partial charge in [0.2, 0.25) is 0 Å². The van der Waals surface area contributed by atoms with Crippen LogP contribution in [0.1, 0.15) is 45.5 Å². The molecule has 1 aromatic heterocycles. The van der Waals surface area contributed by atoms with Gasteiger partial charge < -0.3 is 15.0 Å². The van der Waals surface area contributed by atoms with Gasteiger partial charge >= 0.3 is 5.97 Å². The van der Waals surface area contributed by atoms with E-state index >= 15 is 0 Å². The highest BCUT2D eigenvalue weighted by Gasteiger charge is 2.19. The lowest BCUT2D eigenvalue weighted by molar-refractivity contribution is 0.0600. The number of esters is 1. The first-order valence-electron chi connectivity index (χ1n) is 9.05. The third kappa shape index (κ3) is 4.59. The zero-order valence-corrected chi connectivity index (χ0v) is 16.3. The molecule has 0 saturated carbocycles. The largest absolute Gasteiger partial charge is 0.465 e. The average Bonchev–Trinajstić information content (AvgIpc) is 2.73. The van der Waals surface area contributed by atoms with Crippen LogP contribution in [-0.2, 0) is 11.3 Å². The summed E-state index contributed by atoms with van der Waals surface area (Å²) in [6.07, 6.45) is 4.61. The Morgan fingerprint density at radius 2 is 1.96 bits per heavy atom. The molecular weight excluding hydrogens is 385 g/mol. The number of carbonyl (C=O) groups is 2. The second kappa shape index (κ2) is 9.01. The minimum Gasteiger partial charge on any atom is -0.465 e. The molecule has 1 aliphatic heterocycles. The van der Waals surface area contributed by atoms with Gasteiger partial charge in [-0.2, -0.15) is 0 Å². The summed E-state index contributed by atoms with van der Waals surface area (Å²) in [4.78, 5) is 30.1. The van der Waals surface area contributed by atoms with Gasteiger partial charge in [-0.3, -0.25) is 4.79 Å². The molecule has 0 bridgehead atoms. The number of nitrogens with one attached hydrogen (secondary N) is 1. The Morgan fingerprint density at radius 1 is 1.21 bits per heavy atom. The number of halogens is 2. The van der Waals surface area contributed by atoms with Crippen LogP contribution in [0.5, 0.6) is 0 Å². The summed E-state index contributed by atoms with van der Waals surface area (Å²) in [7, 11) is 1.26. The zero-order valence-electron chi connectivity index (χ0n) is 15.5. The molecule has 0 radical (unpaired) electrons. The van der Waals surface area contributed by atoms with Crippen molar-refractivity contribution in [1.82, 2.24) is 9.88 Å². The number of pyridine rings is 1. The maximum atomic E-state index is 14.0. The number of anilines is 1. The van der Waals surface area contributed by atoms with Gasteiger partial charge in [-0.05, 0) is 43.5 Å². The highest BCUT2D eigenvalue weighted by atomic mass is 35.5. The summed E-state index contributed by atoms with van der Waals surface area (Å²) in [6, 6.07) is 5.54. The topological polar surface area (TPSA) is 71.5 Å². The number of methoxy groups -OCH3 is 1. The van der Waals surface area contributed by atoms with Gasteiger partial charge in [0.25, 0.3) is 5.91 Å². The van der Waals surface area contributed by atoms with Crippen molar-refractivity contribution in [2.45, 2.75) is 25.8 Å². The molecule has 148 valence electrons. The molecule has 0 atom stereocenters. The van der Waals surface area contributed by atoms with Crippen LogP contribution in [0.25, 0.3) is 0 Å². The second-order valence-electron chi connectivity index (χ2n) is 6.56. The molecule has 1 amide bonds. The summed E-state index contributed by atoms with van der Waals surface area (Å²) in [6.45, 7) is 1.56. The molecule has 28 heavy (non-hydrogen) atoms. The lowest BCUT2D eigenvalue weighted by Crippen LogP contribution is -2.35. The van der Waals surface area contributed by atoms with Gasteiger partial charge in [0.05, 0.1) is 23.3 Å². The van der Waals surface area contributed by atoms with Crippen molar-refractivity contribution in [2.75, 3.05) is 25.5 Å². The normalized spacial score (nSPS) is 13.9. The van der Waals surface area contributed by atoms with Crippen LogP contribution in [0, 0.1) is 5.82 Å². The number of amides is 1. The number of benzene rings is 1.